The number of methoxy groups -OCH3 is 1. The third-order valence-corrected chi connectivity index (χ3v) is 9.58. The van der Waals surface area contributed by atoms with Crippen molar-refractivity contribution >= 4 is 39.5 Å². The predicted octanol–water partition coefficient (Wildman–Crippen LogP) is 7.47. The fourth-order valence-corrected chi connectivity index (χ4v) is 6.74. The van der Waals surface area contributed by atoms with E-state index in [2.05, 4.69) is 28.1 Å². The number of ether oxygens (including phenoxy) is 4. The molecule has 0 spiro atoms. The molecule has 3 aliphatic rings. The van der Waals surface area contributed by atoms with Gasteiger partial charge in [0.2, 0.25) is 0 Å². The number of carbonyl (C=O) groups excluding carboxylic acids is 2. The second-order valence-corrected chi connectivity index (χ2v) is 12.4. The third kappa shape index (κ3) is 4.74. The highest BCUT2D eigenvalue weighted by Gasteiger charge is 2.51. The summed E-state index contributed by atoms with van der Waals surface area (Å²) in [5.74, 6) is 0.345. The molecule has 1 N–H and O–H groups in total. The summed E-state index contributed by atoms with van der Waals surface area (Å²) in [7, 11) is 1.43. The Balaban J connectivity index is 1.61. The number of aliphatic hydroxyl groups is 1. The van der Waals surface area contributed by atoms with E-state index in [1.54, 1.807) is 19.1 Å². The third-order valence-electron chi connectivity index (χ3n) is 8.11. The Morgan fingerprint density at radius 3 is 2.64 bits per heavy atom. The first-order valence-corrected chi connectivity index (χ1v) is 14.3. The molecule has 5 rings (SSSR count). The number of benzene rings is 2. The molecule has 2 aromatic carbocycles. The number of hydrogen-bond acceptors (Lipinski definition) is 7. The zero-order valence-electron chi connectivity index (χ0n) is 22.6. The minimum Gasteiger partial charge on any atom is -0.495 e. The van der Waals surface area contributed by atoms with Crippen LogP contribution in [0.3, 0.4) is 0 Å². The average Bonchev–Trinajstić information content (AvgIpc) is 3.48. The van der Waals surface area contributed by atoms with E-state index in [1.165, 1.54) is 7.11 Å². The molecule has 1 saturated carbocycles. The quantitative estimate of drug-likeness (QED) is 0.204. The molecule has 1 fully saturated rings. The van der Waals surface area contributed by atoms with Crippen LogP contribution in [0.1, 0.15) is 73.2 Å². The van der Waals surface area contributed by atoms with Gasteiger partial charge in [0.25, 0.3) is 0 Å². The second-order valence-electron chi connectivity index (χ2n) is 11.3. The standard InChI is InChI=1S/C30H32BrClO7/c1-14(2)10-20(33)18-8-9-21-22(25(18)36-5)28(34)37-13-19-24(32)15(3)23(31)27(26(19)38-21)39-29(35)30(4)12-16-6-7-17(30)11-16/h6-9,14,16-17,20,33H,10-13H2,1-5H3/t16-,17+,20+,30-/m1/s1. The van der Waals surface area contributed by atoms with Gasteiger partial charge in [0.05, 0.1) is 33.7 Å². The number of allylic oxidation sites excluding steroid dienone is 2. The topological polar surface area (TPSA) is 91.3 Å². The Bertz CT molecular complexity index is 1380. The zero-order chi connectivity index (χ0) is 28.2. The maximum Gasteiger partial charge on any atom is 0.346 e. The van der Waals surface area contributed by atoms with E-state index in [1.807, 2.05) is 20.8 Å². The Morgan fingerprint density at radius 2 is 2.03 bits per heavy atom. The largest absolute Gasteiger partial charge is 0.495 e. The zero-order valence-corrected chi connectivity index (χ0v) is 24.9. The molecule has 1 aliphatic heterocycles. The lowest BCUT2D eigenvalue weighted by Crippen LogP contribution is -2.35. The Hall–Kier alpha value is -2.55. The van der Waals surface area contributed by atoms with Gasteiger partial charge in [-0.15, -0.1) is 0 Å². The summed E-state index contributed by atoms with van der Waals surface area (Å²) < 4.78 is 24.2. The minimum absolute atomic E-state index is 0.0405. The number of esters is 2. The number of hydrogen-bond donors (Lipinski definition) is 1. The molecule has 0 radical (unpaired) electrons. The van der Waals surface area contributed by atoms with E-state index in [4.69, 9.17) is 30.5 Å². The van der Waals surface area contributed by atoms with Gasteiger partial charge in [0.1, 0.15) is 23.7 Å². The average molecular weight is 620 g/mol. The Kier molecular flexibility index (Phi) is 7.50. The van der Waals surface area contributed by atoms with E-state index >= 15 is 0 Å². The summed E-state index contributed by atoms with van der Waals surface area (Å²) in [6, 6.07) is 3.25. The van der Waals surface area contributed by atoms with Gasteiger partial charge in [0.15, 0.2) is 11.5 Å². The highest BCUT2D eigenvalue weighted by Crippen LogP contribution is 2.55. The highest BCUT2D eigenvalue weighted by atomic mass is 79.9. The molecule has 1 heterocycles. The van der Waals surface area contributed by atoms with Gasteiger partial charge >= 0.3 is 11.9 Å². The van der Waals surface area contributed by atoms with Crippen molar-refractivity contribution in [2.75, 3.05) is 7.11 Å². The van der Waals surface area contributed by atoms with Gasteiger partial charge in [0, 0.05) is 5.56 Å². The number of rotatable bonds is 6. The Labute approximate surface area is 241 Å². The van der Waals surface area contributed by atoms with Crippen molar-refractivity contribution in [3.05, 3.63) is 56.0 Å². The normalized spacial score (nSPS) is 23.9. The van der Waals surface area contributed by atoms with Gasteiger partial charge in [-0.1, -0.05) is 37.6 Å². The lowest BCUT2D eigenvalue weighted by molar-refractivity contribution is -0.146. The molecule has 39 heavy (non-hydrogen) atoms. The molecule has 4 atom stereocenters. The number of cyclic esters (lactones) is 1. The Morgan fingerprint density at radius 1 is 1.28 bits per heavy atom. The summed E-state index contributed by atoms with van der Waals surface area (Å²) in [6.45, 7) is 7.51. The summed E-state index contributed by atoms with van der Waals surface area (Å²) >= 11 is 10.3. The first-order chi connectivity index (χ1) is 18.5. The summed E-state index contributed by atoms with van der Waals surface area (Å²) in [5, 5.41) is 11.2. The number of halogens is 2. The van der Waals surface area contributed by atoms with E-state index in [-0.39, 0.29) is 53.0 Å². The molecule has 2 bridgehead atoms. The highest BCUT2D eigenvalue weighted by molar-refractivity contribution is 9.10. The van der Waals surface area contributed by atoms with Gasteiger partial charge < -0.3 is 24.1 Å². The number of carbonyl (C=O) groups is 2. The van der Waals surface area contributed by atoms with Crippen molar-refractivity contribution in [2.45, 2.75) is 59.7 Å². The molecule has 0 unspecified atom stereocenters. The van der Waals surface area contributed by atoms with Crippen molar-refractivity contribution < 1.29 is 33.6 Å². The lowest BCUT2D eigenvalue weighted by atomic mass is 9.78. The SMILES string of the molecule is COc1c([C@@H](O)CC(C)C)ccc2c1C(=O)OCc1c(Cl)c(C)c(Br)c(OC(=O)[C@]3(C)C[C@@H]4C=C[C@H]3C4)c1O2. The molecule has 0 saturated heterocycles. The van der Waals surface area contributed by atoms with Crippen LogP contribution in [0.5, 0.6) is 23.0 Å². The van der Waals surface area contributed by atoms with Crippen molar-refractivity contribution in [1.82, 2.24) is 0 Å². The maximum atomic E-state index is 13.6. The van der Waals surface area contributed by atoms with Crippen LogP contribution in [-0.2, 0) is 16.1 Å². The smallest absolute Gasteiger partial charge is 0.346 e. The summed E-state index contributed by atoms with van der Waals surface area (Å²) in [5.41, 5.74) is 0.856. The van der Waals surface area contributed by atoms with E-state index in [9.17, 15) is 14.7 Å². The van der Waals surface area contributed by atoms with Crippen LogP contribution in [0.4, 0.5) is 0 Å². The molecule has 2 aromatic rings. The fraction of sp³-hybridized carbons (Fsp3) is 0.467. The summed E-state index contributed by atoms with van der Waals surface area (Å²) in [4.78, 5) is 26.9. The lowest BCUT2D eigenvalue weighted by Gasteiger charge is -2.30. The van der Waals surface area contributed by atoms with Crippen LogP contribution in [0.2, 0.25) is 5.02 Å². The molecule has 2 aliphatic carbocycles. The predicted molar refractivity (Wildman–Crippen MR) is 150 cm³/mol. The van der Waals surface area contributed by atoms with Crippen LogP contribution in [0.15, 0.2) is 28.8 Å². The van der Waals surface area contributed by atoms with Crippen molar-refractivity contribution in [3.63, 3.8) is 0 Å². The van der Waals surface area contributed by atoms with Crippen LogP contribution < -0.4 is 14.2 Å². The maximum absolute atomic E-state index is 13.6. The molecule has 0 amide bonds. The fourth-order valence-electron chi connectivity index (χ4n) is 5.93. The van der Waals surface area contributed by atoms with E-state index < -0.39 is 17.5 Å². The molecule has 9 heteroatoms. The van der Waals surface area contributed by atoms with Crippen LogP contribution in [0.25, 0.3) is 0 Å². The molecule has 7 nitrogen and oxygen atoms in total. The van der Waals surface area contributed by atoms with Crippen molar-refractivity contribution in [2.24, 2.45) is 23.2 Å². The van der Waals surface area contributed by atoms with Crippen LogP contribution in [0, 0.1) is 30.1 Å². The molecule has 208 valence electrons. The van der Waals surface area contributed by atoms with Crippen LogP contribution in [-0.4, -0.2) is 24.2 Å². The van der Waals surface area contributed by atoms with Gasteiger partial charge in [-0.2, -0.15) is 0 Å². The first kappa shape index (κ1) is 28.0. The van der Waals surface area contributed by atoms with E-state index in [0.717, 1.165) is 12.8 Å². The molecular formula is C30H32BrClO7. The second kappa shape index (κ2) is 10.5. The van der Waals surface area contributed by atoms with Gasteiger partial charge in [-0.25, -0.2) is 4.79 Å². The number of fused-ring (bicyclic) bond motifs is 4. The molecule has 0 aromatic heterocycles. The van der Waals surface area contributed by atoms with Crippen molar-refractivity contribution in [3.8, 4) is 23.0 Å². The first-order valence-electron chi connectivity index (χ1n) is 13.1. The summed E-state index contributed by atoms with van der Waals surface area (Å²) in [6.07, 6.45) is 5.56. The monoisotopic (exact) mass is 618 g/mol. The van der Waals surface area contributed by atoms with Gasteiger partial charge in [-0.05, 0) is 84.5 Å². The van der Waals surface area contributed by atoms with Crippen molar-refractivity contribution in [1.29, 1.82) is 0 Å². The molecular weight excluding hydrogens is 588 g/mol. The van der Waals surface area contributed by atoms with E-state index in [0.29, 0.717) is 38.5 Å². The van der Waals surface area contributed by atoms with Gasteiger partial charge in [-0.3, -0.25) is 4.79 Å². The number of aliphatic hydroxyl groups excluding tert-OH is 1. The van der Waals surface area contributed by atoms with Crippen LogP contribution >= 0.6 is 27.5 Å². The minimum atomic E-state index is -0.852.